The maximum absolute atomic E-state index is 8.91. The molecule has 2 aromatic heterocycles. The van der Waals surface area contributed by atoms with Gasteiger partial charge >= 0.3 is 0 Å². The number of aromatic nitrogens is 3. The smallest absolute Gasteiger partial charge is 0.237 e. The molecule has 0 aliphatic heterocycles. The Bertz CT molecular complexity index is 716. The van der Waals surface area contributed by atoms with Crippen LogP contribution >= 0.6 is 0 Å². The average molecular weight is 364 g/mol. The molecule has 3 aromatic rings. The van der Waals surface area contributed by atoms with E-state index in [4.69, 9.17) is 9.84 Å². The average Bonchev–Trinajstić information content (AvgIpc) is 2.72. The van der Waals surface area contributed by atoms with Crippen LogP contribution in [-0.2, 0) is 0 Å². The zero-order valence-corrected chi connectivity index (χ0v) is 15.2. The molecule has 140 valence electrons. The van der Waals surface area contributed by atoms with Gasteiger partial charge in [-0.15, -0.1) is 0 Å². The molecule has 1 aromatic carbocycles. The fourth-order valence-corrected chi connectivity index (χ4v) is 2.73. The quantitative estimate of drug-likeness (QED) is 0.697. The van der Waals surface area contributed by atoms with Crippen LogP contribution in [-0.4, -0.2) is 26.2 Å². The first kappa shape index (κ1) is 18.8. The van der Waals surface area contributed by atoms with Gasteiger partial charge in [0.05, 0.1) is 12.3 Å². The van der Waals surface area contributed by atoms with Crippen molar-refractivity contribution in [2.45, 2.75) is 38.2 Å². The monoisotopic (exact) mass is 364 g/mol. The summed E-state index contributed by atoms with van der Waals surface area (Å²) in [6.45, 7) is 0. The number of anilines is 2. The normalized spacial score (nSPS) is 14.0. The van der Waals surface area contributed by atoms with Crippen molar-refractivity contribution >= 4 is 11.5 Å². The molecule has 0 spiro atoms. The van der Waals surface area contributed by atoms with Gasteiger partial charge in [-0.2, -0.15) is 0 Å². The van der Waals surface area contributed by atoms with Crippen molar-refractivity contribution < 1.29 is 9.84 Å². The van der Waals surface area contributed by atoms with Crippen molar-refractivity contribution in [2.75, 3.05) is 5.32 Å². The van der Waals surface area contributed by atoms with Crippen LogP contribution in [0.1, 0.15) is 32.1 Å². The number of nitrogens with zero attached hydrogens (tertiary/aromatic N) is 3. The molecule has 6 nitrogen and oxygen atoms in total. The molecule has 1 fully saturated rings. The van der Waals surface area contributed by atoms with Gasteiger partial charge in [0.2, 0.25) is 5.88 Å². The van der Waals surface area contributed by atoms with E-state index in [1.807, 2.05) is 42.5 Å². The molecule has 2 heterocycles. The van der Waals surface area contributed by atoms with Gasteiger partial charge in [0.15, 0.2) is 0 Å². The summed E-state index contributed by atoms with van der Waals surface area (Å²) in [6.07, 6.45) is 12.4. The van der Waals surface area contributed by atoms with Gasteiger partial charge in [0.1, 0.15) is 11.6 Å². The minimum Gasteiger partial charge on any atom is -0.438 e. The highest BCUT2D eigenvalue weighted by Gasteiger charge is 2.07. The lowest BCUT2D eigenvalue weighted by atomic mass is 9.98. The number of benzene rings is 1. The van der Waals surface area contributed by atoms with Crippen LogP contribution in [0.15, 0.2) is 67.3 Å². The number of hydrogen-bond acceptors (Lipinski definition) is 6. The molecular weight excluding hydrogens is 340 g/mol. The van der Waals surface area contributed by atoms with Gasteiger partial charge in [-0.1, -0.05) is 25.3 Å². The molecule has 0 atom stereocenters. The molecule has 0 bridgehead atoms. The Morgan fingerprint density at radius 1 is 0.889 bits per heavy atom. The van der Waals surface area contributed by atoms with Gasteiger partial charge in [-0.3, -0.25) is 4.98 Å². The third-order valence-corrected chi connectivity index (χ3v) is 4.13. The molecule has 1 aliphatic carbocycles. The van der Waals surface area contributed by atoms with Crippen molar-refractivity contribution in [2.24, 2.45) is 0 Å². The lowest BCUT2D eigenvalue weighted by molar-refractivity contribution is 0.130. The van der Waals surface area contributed by atoms with E-state index in [9.17, 15) is 0 Å². The summed E-state index contributed by atoms with van der Waals surface area (Å²) in [5.74, 6) is 1.98. The van der Waals surface area contributed by atoms with Crippen LogP contribution < -0.4 is 10.1 Å². The van der Waals surface area contributed by atoms with Crippen LogP contribution in [0, 0.1) is 0 Å². The van der Waals surface area contributed by atoms with E-state index in [0.29, 0.717) is 11.6 Å². The largest absolute Gasteiger partial charge is 0.438 e. The maximum Gasteiger partial charge on any atom is 0.237 e. The SMILES string of the molecule is OC1CCCCC1.c1ccc(Nc2ccc(Oc3cnccn3)cc2)nc1. The Labute approximate surface area is 159 Å². The van der Waals surface area contributed by atoms with E-state index in [1.165, 1.54) is 19.3 Å². The van der Waals surface area contributed by atoms with Crippen LogP contribution in [0.5, 0.6) is 11.6 Å². The molecule has 4 rings (SSSR count). The molecule has 0 radical (unpaired) electrons. The summed E-state index contributed by atoms with van der Waals surface area (Å²) in [4.78, 5) is 12.2. The third kappa shape index (κ3) is 6.67. The van der Waals surface area contributed by atoms with E-state index < -0.39 is 0 Å². The number of aliphatic hydroxyl groups excluding tert-OH is 1. The molecule has 1 saturated carbocycles. The number of hydrogen-bond donors (Lipinski definition) is 2. The second kappa shape index (κ2) is 10.2. The zero-order valence-electron chi connectivity index (χ0n) is 15.2. The van der Waals surface area contributed by atoms with E-state index in [-0.39, 0.29) is 6.10 Å². The first-order chi connectivity index (χ1) is 13.3. The summed E-state index contributed by atoms with van der Waals surface area (Å²) in [6, 6.07) is 13.3. The molecule has 2 N–H and O–H groups in total. The standard InChI is InChI=1S/C15H12N4O.C6H12O/c1-2-8-17-14(3-1)19-12-4-6-13(7-5-12)20-15-11-16-9-10-18-15;7-6-4-2-1-3-5-6/h1-11H,(H,17,19);6-7H,1-5H2. The molecule has 6 heteroatoms. The Hall–Kier alpha value is -2.99. The minimum absolute atomic E-state index is 0.0359. The number of nitrogens with one attached hydrogen (secondary N) is 1. The summed E-state index contributed by atoms with van der Waals surface area (Å²) >= 11 is 0. The highest BCUT2D eigenvalue weighted by Crippen LogP contribution is 2.22. The fraction of sp³-hybridized carbons (Fsp3) is 0.286. The van der Waals surface area contributed by atoms with E-state index in [2.05, 4.69) is 20.3 Å². The fourth-order valence-electron chi connectivity index (χ4n) is 2.73. The summed E-state index contributed by atoms with van der Waals surface area (Å²) in [5.41, 5.74) is 0.940. The van der Waals surface area contributed by atoms with Crippen LogP contribution in [0.4, 0.5) is 11.5 Å². The van der Waals surface area contributed by atoms with E-state index in [1.54, 1.807) is 24.8 Å². The Kier molecular flexibility index (Phi) is 7.12. The van der Waals surface area contributed by atoms with Crippen LogP contribution in [0.25, 0.3) is 0 Å². The Morgan fingerprint density at radius 3 is 2.30 bits per heavy atom. The Morgan fingerprint density at radius 2 is 1.70 bits per heavy atom. The van der Waals surface area contributed by atoms with Crippen molar-refractivity contribution in [1.82, 2.24) is 15.0 Å². The number of aliphatic hydroxyl groups is 1. The third-order valence-electron chi connectivity index (χ3n) is 4.13. The van der Waals surface area contributed by atoms with Gasteiger partial charge in [0.25, 0.3) is 0 Å². The van der Waals surface area contributed by atoms with Crippen molar-refractivity contribution in [3.05, 3.63) is 67.3 Å². The van der Waals surface area contributed by atoms with E-state index in [0.717, 1.165) is 24.3 Å². The highest BCUT2D eigenvalue weighted by molar-refractivity contribution is 5.56. The lowest BCUT2D eigenvalue weighted by Gasteiger charge is -2.14. The zero-order chi connectivity index (χ0) is 18.7. The van der Waals surface area contributed by atoms with Gasteiger partial charge < -0.3 is 15.2 Å². The summed E-state index contributed by atoms with van der Waals surface area (Å²) < 4.78 is 5.57. The summed E-state index contributed by atoms with van der Waals surface area (Å²) in [7, 11) is 0. The van der Waals surface area contributed by atoms with Crippen LogP contribution in [0.2, 0.25) is 0 Å². The van der Waals surface area contributed by atoms with Gasteiger partial charge in [-0.25, -0.2) is 9.97 Å². The second-order valence-electron chi connectivity index (χ2n) is 6.30. The summed E-state index contributed by atoms with van der Waals surface area (Å²) in [5, 5.41) is 12.1. The maximum atomic E-state index is 8.91. The molecule has 0 unspecified atom stereocenters. The van der Waals surface area contributed by atoms with Crippen molar-refractivity contribution in [3.63, 3.8) is 0 Å². The Balaban J connectivity index is 0.000000253. The number of pyridine rings is 1. The molecule has 1 aliphatic rings. The highest BCUT2D eigenvalue weighted by atomic mass is 16.5. The van der Waals surface area contributed by atoms with Crippen molar-refractivity contribution in [1.29, 1.82) is 0 Å². The van der Waals surface area contributed by atoms with Gasteiger partial charge in [0, 0.05) is 24.3 Å². The first-order valence-electron chi connectivity index (χ1n) is 9.20. The molecule has 0 saturated heterocycles. The number of rotatable bonds is 4. The van der Waals surface area contributed by atoms with Crippen molar-refractivity contribution in [3.8, 4) is 11.6 Å². The predicted molar refractivity (Wildman–Crippen MR) is 105 cm³/mol. The van der Waals surface area contributed by atoms with Crippen LogP contribution in [0.3, 0.4) is 0 Å². The predicted octanol–water partition coefficient (Wildman–Crippen LogP) is 4.72. The number of ether oxygens (including phenoxy) is 1. The molecule has 0 amide bonds. The molecular formula is C21H24N4O2. The topological polar surface area (TPSA) is 80.2 Å². The van der Waals surface area contributed by atoms with E-state index >= 15 is 0 Å². The lowest BCUT2D eigenvalue weighted by Crippen LogP contribution is -2.09. The second-order valence-corrected chi connectivity index (χ2v) is 6.30. The van der Waals surface area contributed by atoms with Gasteiger partial charge in [-0.05, 0) is 49.2 Å². The molecule has 27 heavy (non-hydrogen) atoms. The first-order valence-corrected chi connectivity index (χ1v) is 9.20. The minimum atomic E-state index is 0.0359.